The van der Waals surface area contributed by atoms with Gasteiger partial charge < -0.3 is 10.2 Å². The van der Waals surface area contributed by atoms with Crippen LogP contribution in [0.4, 0.5) is 0 Å². The summed E-state index contributed by atoms with van der Waals surface area (Å²) in [6, 6.07) is 0. The summed E-state index contributed by atoms with van der Waals surface area (Å²) in [5.41, 5.74) is 0.591. The van der Waals surface area contributed by atoms with Gasteiger partial charge in [-0.25, -0.2) is 0 Å². The van der Waals surface area contributed by atoms with E-state index in [1.54, 1.807) is 13.8 Å². The summed E-state index contributed by atoms with van der Waals surface area (Å²) in [6.07, 6.45) is 3.42. The summed E-state index contributed by atoms with van der Waals surface area (Å²) in [6.45, 7) is 9.04. The Labute approximate surface area is 109 Å². The van der Waals surface area contributed by atoms with Crippen molar-refractivity contribution in [2.75, 3.05) is 0 Å². The van der Waals surface area contributed by atoms with Crippen molar-refractivity contribution >= 4 is 5.78 Å². The highest BCUT2D eigenvalue weighted by Gasteiger charge is 2.35. The van der Waals surface area contributed by atoms with Crippen molar-refractivity contribution in [3.63, 3.8) is 0 Å². The van der Waals surface area contributed by atoms with E-state index in [2.05, 4.69) is 6.58 Å². The molecule has 0 amide bonds. The van der Waals surface area contributed by atoms with E-state index in [9.17, 15) is 15.0 Å². The van der Waals surface area contributed by atoms with Crippen LogP contribution in [0.2, 0.25) is 0 Å². The number of aliphatic hydroxyl groups is 2. The van der Waals surface area contributed by atoms with Gasteiger partial charge in [0.1, 0.15) is 0 Å². The van der Waals surface area contributed by atoms with Crippen molar-refractivity contribution < 1.29 is 15.0 Å². The van der Waals surface area contributed by atoms with Crippen LogP contribution in [-0.2, 0) is 4.79 Å². The highest BCUT2D eigenvalue weighted by atomic mass is 16.3. The van der Waals surface area contributed by atoms with E-state index in [1.165, 1.54) is 0 Å². The van der Waals surface area contributed by atoms with Gasteiger partial charge in [0.05, 0.1) is 11.7 Å². The summed E-state index contributed by atoms with van der Waals surface area (Å²) < 4.78 is 0. The van der Waals surface area contributed by atoms with Crippen LogP contribution >= 0.6 is 0 Å². The van der Waals surface area contributed by atoms with Crippen molar-refractivity contribution in [1.82, 2.24) is 0 Å². The van der Waals surface area contributed by atoms with Gasteiger partial charge in [-0.15, -0.1) is 0 Å². The van der Waals surface area contributed by atoms with E-state index in [1.807, 2.05) is 13.0 Å². The number of carbonyl (C=O) groups excluding carboxylic acids is 1. The number of Topliss-reactive ketones (excluding diaryl/α,β-unsaturated/α-hetero) is 1. The Kier molecular flexibility index (Phi) is 4.88. The maximum Gasteiger partial charge on any atom is 0.158 e. The van der Waals surface area contributed by atoms with Crippen LogP contribution in [0.5, 0.6) is 0 Å². The van der Waals surface area contributed by atoms with Crippen LogP contribution in [0.25, 0.3) is 0 Å². The second-order valence-corrected chi connectivity index (χ2v) is 5.71. The lowest BCUT2D eigenvalue weighted by Gasteiger charge is -2.34. The normalized spacial score (nSPS) is 25.3. The first kappa shape index (κ1) is 15.1. The highest BCUT2D eigenvalue weighted by molar-refractivity contribution is 5.95. The molecule has 0 aliphatic heterocycles. The average Bonchev–Trinajstić information content (AvgIpc) is 2.29. The van der Waals surface area contributed by atoms with Gasteiger partial charge in [0.2, 0.25) is 0 Å². The fraction of sp³-hybridized carbons (Fsp3) is 0.667. The molecule has 0 aromatic rings. The molecule has 0 radical (unpaired) electrons. The molecule has 102 valence electrons. The SMILES string of the molecule is C=C(C)[C@H](O)CC[C@@](C)(O)[C@H]1CC=C(C)C(=O)C1. The third-order valence-electron chi connectivity index (χ3n) is 3.95. The predicted octanol–water partition coefficient (Wildman–Crippen LogP) is 2.38. The molecule has 18 heavy (non-hydrogen) atoms. The number of hydrogen-bond donors (Lipinski definition) is 2. The first-order valence-corrected chi connectivity index (χ1v) is 6.50. The van der Waals surface area contributed by atoms with Gasteiger partial charge in [0.25, 0.3) is 0 Å². The smallest absolute Gasteiger partial charge is 0.158 e. The minimum absolute atomic E-state index is 0.0500. The molecular weight excluding hydrogens is 228 g/mol. The summed E-state index contributed by atoms with van der Waals surface area (Å²) >= 11 is 0. The lowest BCUT2D eigenvalue weighted by atomic mass is 9.75. The van der Waals surface area contributed by atoms with Crippen LogP contribution in [-0.4, -0.2) is 27.7 Å². The predicted molar refractivity (Wildman–Crippen MR) is 72.2 cm³/mol. The van der Waals surface area contributed by atoms with Gasteiger partial charge in [-0.2, -0.15) is 0 Å². The zero-order valence-electron chi connectivity index (χ0n) is 11.6. The molecule has 0 fully saturated rings. The lowest BCUT2D eigenvalue weighted by molar-refractivity contribution is -0.120. The molecule has 0 saturated carbocycles. The molecule has 1 aliphatic carbocycles. The van der Waals surface area contributed by atoms with Gasteiger partial charge in [0.15, 0.2) is 5.78 Å². The Balaban J connectivity index is 2.59. The first-order chi connectivity index (χ1) is 8.24. The maximum absolute atomic E-state index is 11.7. The third kappa shape index (κ3) is 3.79. The fourth-order valence-corrected chi connectivity index (χ4v) is 2.25. The Morgan fingerprint density at radius 3 is 2.78 bits per heavy atom. The standard InChI is InChI=1S/C15H24O3/c1-10(2)13(16)7-8-15(4,18)12-6-5-11(3)14(17)9-12/h5,12-13,16,18H,1,6-9H2,2-4H3/t12-,13+,15+/m0/s1. The quantitative estimate of drug-likeness (QED) is 0.739. The molecule has 0 heterocycles. The van der Waals surface area contributed by atoms with Gasteiger partial charge in [-0.3, -0.25) is 4.79 Å². The Morgan fingerprint density at radius 2 is 2.28 bits per heavy atom. The number of allylic oxidation sites excluding steroid dienone is 2. The lowest BCUT2D eigenvalue weighted by Crippen LogP contribution is -2.38. The Hall–Kier alpha value is -0.930. The van der Waals surface area contributed by atoms with Gasteiger partial charge in [-0.1, -0.05) is 18.2 Å². The molecule has 3 heteroatoms. The third-order valence-corrected chi connectivity index (χ3v) is 3.95. The molecule has 2 N–H and O–H groups in total. The molecule has 0 bridgehead atoms. The molecule has 0 unspecified atom stereocenters. The number of ketones is 1. The van der Waals surface area contributed by atoms with Crippen molar-refractivity contribution in [3.05, 3.63) is 23.8 Å². The van der Waals surface area contributed by atoms with Crippen LogP contribution < -0.4 is 0 Å². The zero-order chi connectivity index (χ0) is 13.9. The fourth-order valence-electron chi connectivity index (χ4n) is 2.25. The second kappa shape index (κ2) is 5.81. The van der Waals surface area contributed by atoms with Crippen LogP contribution in [0, 0.1) is 5.92 Å². The number of carbonyl (C=O) groups is 1. The summed E-state index contributed by atoms with van der Waals surface area (Å²) in [4.78, 5) is 11.7. The van der Waals surface area contributed by atoms with E-state index in [-0.39, 0.29) is 11.7 Å². The van der Waals surface area contributed by atoms with Crippen LogP contribution in [0.1, 0.15) is 46.5 Å². The molecule has 0 aromatic heterocycles. The number of rotatable bonds is 5. The van der Waals surface area contributed by atoms with E-state index >= 15 is 0 Å². The minimum atomic E-state index is -0.913. The van der Waals surface area contributed by atoms with Crippen molar-refractivity contribution in [1.29, 1.82) is 0 Å². The maximum atomic E-state index is 11.7. The molecule has 3 atom stereocenters. The molecule has 1 rings (SSSR count). The minimum Gasteiger partial charge on any atom is -0.390 e. The second-order valence-electron chi connectivity index (χ2n) is 5.71. The van der Waals surface area contributed by atoms with E-state index in [0.29, 0.717) is 24.8 Å². The van der Waals surface area contributed by atoms with Crippen molar-refractivity contribution in [3.8, 4) is 0 Å². The molecular formula is C15H24O3. The zero-order valence-corrected chi connectivity index (χ0v) is 11.6. The Morgan fingerprint density at radius 1 is 1.67 bits per heavy atom. The average molecular weight is 252 g/mol. The summed E-state index contributed by atoms with van der Waals surface area (Å²) in [5.74, 6) is 0.0676. The monoisotopic (exact) mass is 252 g/mol. The van der Waals surface area contributed by atoms with Crippen molar-refractivity contribution in [2.45, 2.75) is 58.2 Å². The largest absolute Gasteiger partial charge is 0.390 e. The summed E-state index contributed by atoms with van der Waals surface area (Å²) in [5, 5.41) is 20.1. The number of hydrogen-bond acceptors (Lipinski definition) is 3. The first-order valence-electron chi connectivity index (χ1n) is 6.50. The van der Waals surface area contributed by atoms with E-state index < -0.39 is 11.7 Å². The van der Waals surface area contributed by atoms with E-state index in [0.717, 1.165) is 12.0 Å². The van der Waals surface area contributed by atoms with Gasteiger partial charge >= 0.3 is 0 Å². The highest BCUT2D eigenvalue weighted by Crippen LogP contribution is 2.33. The number of aliphatic hydroxyl groups excluding tert-OH is 1. The molecule has 0 saturated heterocycles. The van der Waals surface area contributed by atoms with Gasteiger partial charge in [0, 0.05) is 6.42 Å². The van der Waals surface area contributed by atoms with E-state index in [4.69, 9.17) is 0 Å². The molecule has 0 aromatic carbocycles. The molecule has 1 aliphatic rings. The molecule has 3 nitrogen and oxygen atoms in total. The van der Waals surface area contributed by atoms with Crippen molar-refractivity contribution in [2.24, 2.45) is 5.92 Å². The summed E-state index contributed by atoms with van der Waals surface area (Å²) in [7, 11) is 0. The van der Waals surface area contributed by atoms with Crippen LogP contribution in [0.15, 0.2) is 23.8 Å². The Bertz CT molecular complexity index is 366. The van der Waals surface area contributed by atoms with Crippen LogP contribution in [0.3, 0.4) is 0 Å². The topological polar surface area (TPSA) is 57.5 Å². The van der Waals surface area contributed by atoms with Gasteiger partial charge in [-0.05, 0) is 51.5 Å². The molecule has 0 spiro atoms.